The van der Waals surface area contributed by atoms with Crippen LogP contribution < -0.4 is 10.1 Å². The van der Waals surface area contributed by atoms with Crippen LogP contribution in [0.2, 0.25) is 0 Å². The van der Waals surface area contributed by atoms with E-state index in [-0.39, 0.29) is 0 Å². The molecule has 0 spiro atoms. The first kappa shape index (κ1) is 16.3. The van der Waals surface area contributed by atoms with Crippen molar-refractivity contribution in [1.82, 2.24) is 10.3 Å². The highest BCUT2D eigenvalue weighted by atomic mass is 16.5. The summed E-state index contributed by atoms with van der Waals surface area (Å²) in [5, 5.41) is 3.44. The Labute approximate surface area is 129 Å². The average Bonchev–Trinajstić information content (AvgIpc) is 2.41. The standard InChI is InChI=1S/C18H30N2O/c1-5-10-19-13-15-11-14(2)20-17(12-15)21-16-6-8-18(3,4)9-7-16/h11-12,16,19H,5-10,13H2,1-4H3. The maximum Gasteiger partial charge on any atom is 0.214 e. The smallest absolute Gasteiger partial charge is 0.214 e. The van der Waals surface area contributed by atoms with Gasteiger partial charge in [-0.15, -0.1) is 0 Å². The van der Waals surface area contributed by atoms with Gasteiger partial charge in [0.25, 0.3) is 0 Å². The number of ether oxygens (including phenoxy) is 1. The molecule has 0 aromatic carbocycles. The Morgan fingerprint density at radius 2 is 2.00 bits per heavy atom. The van der Waals surface area contributed by atoms with E-state index in [2.05, 4.69) is 43.2 Å². The summed E-state index contributed by atoms with van der Waals surface area (Å²) in [5.74, 6) is 0.799. The van der Waals surface area contributed by atoms with Crippen molar-refractivity contribution >= 4 is 0 Å². The van der Waals surface area contributed by atoms with Gasteiger partial charge in [0.1, 0.15) is 6.10 Å². The number of rotatable bonds is 6. The zero-order chi connectivity index (χ0) is 15.3. The number of aryl methyl sites for hydroxylation is 1. The van der Waals surface area contributed by atoms with E-state index < -0.39 is 0 Å². The van der Waals surface area contributed by atoms with E-state index in [0.717, 1.165) is 43.9 Å². The molecule has 1 saturated carbocycles. The molecule has 0 radical (unpaired) electrons. The highest BCUT2D eigenvalue weighted by molar-refractivity contribution is 5.24. The van der Waals surface area contributed by atoms with Gasteiger partial charge in [0.2, 0.25) is 5.88 Å². The van der Waals surface area contributed by atoms with Gasteiger partial charge in [0.15, 0.2) is 0 Å². The third kappa shape index (κ3) is 5.31. The number of pyridine rings is 1. The molecule has 0 saturated heterocycles. The Balaban J connectivity index is 1.93. The van der Waals surface area contributed by atoms with Crippen molar-refractivity contribution in [3.8, 4) is 5.88 Å². The summed E-state index contributed by atoms with van der Waals surface area (Å²) in [4.78, 5) is 4.54. The summed E-state index contributed by atoms with van der Waals surface area (Å²) in [6, 6.07) is 4.23. The molecule has 118 valence electrons. The number of aromatic nitrogens is 1. The van der Waals surface area contributed by atoms with Crippen LogP contribution in [0.5, 0.6) is 5.88 Å². The Kier molecular flexibility index (Phi) is 5.63. The van der Waals surface area contributed by atoms with E-state index in [1.807, 2.05) is 6.92 Å². The minimum atomic E-state index is 0.337. The first-order valence-corrected chi connectivity index (χ1v) is 8.33. The van der Waals surface area contributed by atoms with Crippen LogP contribution in [0.25, 0.3) is 0 Å². The van der Waals surface area contributed by atoms with Crippen molar-refractivity contribution in [3.05, 3.63) is 23.4 Å². The largest absolute Gasteiger partial charge is 0.474 e. The maximum atomic E-state index is 6.14. The van der Waals surface area contributed by atoms with Crippen LogP contribution in [0.3, 0.4) is 0 Å². The first-order chi connectivity index (χ1) is 9.98. The normalized spacial score (nSPS) is 18.7. The van der Waals surface area contributed by atoms with Crippen LogP contribution in [0.15, 0.2) is 12.1 Å². The third-order valence-corrected chi connectivity index (χ3v) is 4.32. The Bertz CT molecular complexity index is 447. The number of hydrogen-bond acceptors (Lipinski definition) is 3. The lowest BCUT2D eigenvalue weighted by Crippen LogP contribution is -2.28. The highest BCUT2D eigenvalue weighted by Gasteiger charge is 2.28. The van der Waals surface area contributed by atoms with Crippen LogP contribution in [0, 0.1) is 12.3 Å². The van der Waals surface area contributed by atoms with Crippen LogP contribution >= 0.6 is 0 Å². The molecular weight excluding hydrogens is 260 g/mol. The number of nitrogens with zero attached hydrogens (tertiary/aromatic N) is 1. The minimum Gasteiger partial charge on any atom is -0.474 e. The molecule has 1 N–H and O–H groups in total. The average molecular weight is 290 g/mol. The number of nitrogens with one attached hydrogen (secondary N) is 1. The van der Waals surface area contributed by atoms with Gasteiger partial charge in [-0.25, -0.2) is 4.98 Å². The van der Waals surface area contributed by atoms with Gasteiger partial charge in [-0.3, -0.25) is 0 Å². The van der Waals surface area contributed by atoms with E-state index in [4.69, 9.17) is 4.74 Å². The van der Waals surface area contributed by atoms with E-state index in [1.54, 1.807) is 0 Å². The minimum absolute atomic E-state index is 0.337. The SMILES string of the molecule is CCCNCc1cc(C)nc(OC2CCC(C)(C)CC2)c1. The Morgan fingerprint density at radius 3 is 2.67 bits per heavy atom. The van der Waals surface area contributed by atoms with Crippen LogP contribution in [0.4, 0.5) is 0 Å². The second-order valence-electron chi connectivity index (χ2n) is 7.11. The van der Waals surface area contributed by atoms with Gasteiger partial charge in [0.05, 0.1) is 0 Å². The summed E-state index contributed by atoms with van der Waals surface area (Å²) in [7, 11) is 0. The van der Waals surface area contributed by atoms with Gasteiger partial charge < -0.3 is 10.1 Å². The molecule has 2 rings (SSSR count). The molecule has 3 nitrogen and oxygen atoms in total. The Hall–Kier alpha value is -1.09. The van der Waals surface area contributed by atoms with Crippen molar-refractivity contribution in [3.63, 3.8) is 0 Å². The molecule has 0 unspecified atom stereocenters. The molecule has 3 heteroatoms. The van der Waals surface area contributed by atoms with Crippen molar-refractivity contribution < 1.29 is 4.74 Å². The molecule has 0 bridgehead atoms. The zero-order valence-electron chi connectivity index (χ0n) is 14.0. The molecule has 21 heavy (non-hydrogen) atoms. The van der Waals surface area contributed by atoms with Crippen LogP contribution in [-0.2, 0) is 6.54 Å². The van der Waals surface area contributed by atoms with Crippen molar-refractivity contribution in [2.75, 3.05) is 6.54 Å². The molecule has 1 fully saturated rings. The fourth-order valence-corrected chi connectivity index (χ4v) is 2.94. The lowest BCUT2D eigenvalue weighted by atomic mass is 9.76. The van der Waals surface area contributed by atoms with Gasteiger partial charge >= 0.3 is 0 Å². The lowest BCUT2D eigenvalue weighted by Gasteiger charge is -2.34. The van der Waals surface area contributed by atoms with E-state index in [0.29, 0.717) is 11.5 Å². The topological polar surface area (TPSA) is 34.2 Å². The van der Waals surface area contributed by atoms with Crippen molar-refractivity contribution in [2.45, 2.75) is 72.4 Å². The maximum absolute atomic E-state index is 6.14. The quantitative estimate of drug-likeness (QED) is 0.796. The highest BCUT2D eigenvalue weighted by Crippen LogP contribution is 2.36. The molecular formula is C18H30N2O. The Morgan fingerprint density at radius 1 is 1.29 bits per heavy atom. The fourth-order valence-electron chi connectivity index (χ4n) is 2.94. The molecule has 1 aliphatic rings. The van der Waals surface area contributed by atoms with Gasteiger partial charge in [0, 0.05) is 18.3 Å². The molecule has 0 amide bonds. The lowest BCUT2D eigenvalue weighted by molar-refractivity contribution is 0.0947. The second-order valence-corrected chi connectivity index (χ2v) is 7.11. The summed E-state index contributed by atoms with van der Waals surface area (Å²) < 4.78 is 6.14. The summed E-state index contributed by atoms with van der Waals surface area (Å²) >= 11 is 0. The molecule has 1 aliphatic carbocycles. The van der Waals surface area contributed by atoms with E-state index in [9.17, 15) is 0 Å². The molecule has 1 heterocycles. The summed E-state index contributed by atoms with van der Waals surface area (Å²) in [5.41, 5.74) is 2.79. The predicted octanol–water partition coefficient (Wildman–Crippen LogP) is 4.24. The van der Waals surface area contributed by atoms with E-state index >= 15 is 0 Å². The molecule has 1 aromatic heterocycles. The van der Waals surface area contributed by atoms with Crippen LogP contribution in [0.1, 0.15) is 64.1 Å². The third-order valence-electron chi connectivity index (χ3n) is 4.32. The monoisotopic (exact) mass is 290 g/mol. The van der Waals surface area contributed by atoms with Gasteiger partial charge in [-0.05, 0) is 62.6 Å². The summed E-state index contributed by atoms with van der Waals surface area (Å²) in [6.07, 6.45) is 6.27. The predicted molar refractivity (Wildman–Crippen MR) is 87.6 cm³/mol. The van der Waals surface area contributed by atoms with Gasteiger partial charge in [-0.2, -0.15) is 0 Å². The second kappa shape index (κ2) is 7.26. The van der Waals surface area contributed by atoms with Crippen LogP contribution in [-0.4, -0.2) is 17.6 Å². The fraction of sp³-hybridized carbons (Fsp3) is 0.722. The van der Waals surface area contributed by atoms with E-state index in [1.165, 1.54) is 18.4 Å². The van der Waals surface area contributed by atoms with Crippen molar-refractivity contribution in [2.24, 2.45) is 5.41 Å². The summed E-state index contributed by atoms with van der Waals surface area (Å²) in [6.45, 7) is 10.9. The molecule has 0 atom stereocenters. The van der Waals surface area contributed by atoms with Gasteiger partial charge in [-0.1, -0.05) is 20.8 Å². The van der Waals surface area contributed by atoms with Crippen molar-refractivity contribution in [1.29, 1.82) is 0 Å². The first-order valence-electron chi connectivity index (χ1n) is 8.33. The zero-order valence-corrected chi connectivity index (χ0v) is 14.0. The molecule has 0 aliphatic heterocycles. The molecule has 1 aromatic rings. The number of hydrogen-bond donors (Lipinski definition) is 1.